The number of aromatic nitrogens is 4. The summed E-state index contributed by atoms with van der Waals surface area (Å²) in [4.78, 5) is 92.1. The number of benzene rings is 4. The first-order valence-electron chi connectivity index (χ1n) is 34.5. The molecule has 2 aliphatic rings. The van der Waals surface area contributed by atoms with Crippen LogP contribution in [0.4, 0.5) is 14.4 Å². The number of ketones is 2. The Morgan fingerprint density at radius 3 is 1.37 bits per heavy atom. The van der Waals surface area contributed by atoms with Gasteiger partial charge in [0.1, 0.15) is 24.0 Å². The molecule has 0 unspecified atom stereocenters. The fraction of sp³-hybridized carbons (Fsp3) is 0.468. The topological polar surface area (TPSA) is 258 Å². The molecule has 10 rings (SSSR count). The quantitative estimate of drug-likeness (QED) is 0.0227. The molecule has 0 bridgehead atoms. The van der Waals surface area contributed by atoms with Gasteiger partial charge in [0.2, 0.25) is 0 Å². The number of amides is 4. The third-order valence-corrected chi connectivity index (χ3v) is 20.4. The minimum atomic E-state index is -0.641. The number of nitrogens with two attached hydrogens (primary N) is 1. The van der Waals surface area contributed by atoms with Gasteiger partial charge in [-0.3, -0.25) is 34.3 Å². The Morgan fingerprint density at radius 1 is 0.544 bits per heavy atom. The average molecular weight is 1600 g/mol. The lowest BCUT2D eigenvalue weighted by molar-refractivity contribution is -0.122. The van der Waals surface area contributed by atoms with Crippen molar-refractivity contribution in [1.29, 1.82) is 0 Å². The number of carbonyl (C=O) groups is 5. The second kappa shape index (κ2) is 50.5. The molecule has 0 aliphatic carbocycles. The number of hydrogen-bond donors (Lipinski definition) is 5. The lowest BCUT2D eigenvalue weighted by atomic mass is 9.86. The molecule has 6 heterocycles. The minimum absolute atomic E-state index is 0. The molecular formula is C77H107IN12O9S4. The molecule has 6 N–H and O–H groups in total. The zero-order valence-corrected chi connectivity index (χ0v) is 63.5. The molecule has 6 atom stereocenters. The van der Waals surface area contributed by atoms with Gasteiger partial charge >= 0.3 is 18.2 Å². The molecule has 8 aromatic rings. The lowest BCUT2D eigenvalue weighted by Gasteiger charge is -2.29. The maximum atomic E-state index is 14.2. The van der Waals surface area contributed by atoms with Crippen molar-refractivity contribution < 1.29 is 42.9 Å². The van der Waals surface area contributed by atoms with Gasteiger partial charge in [0.25, 0.3) is 0 Å². The lowest BCUT2D eigenvalue weighted by Crippen LogP contribution is -2.49. The predicted octanol–water partition coefficient (Wildman–Crippen LogP) is 13.3. The van der Waals surface area contributed by atoms with Crippen molar-refractivity contribution in [3.8, 4) is 0 Å². The molecule has 26 heteroatoms. The van der Waals surface area contributed by atoms with Crippen molar-refractivity contribution in [2.75, 3.05) is 79.8 Å². The number of nitrogens with one attached hydrogen (secondary N) is 4. The van der Waals surface area contributed by atoms with Gasteiger partial charge in [-0.1, -0.05) is 136 Å². The van der Waals surface area contributed by atoms with E-state index in [1.165, 1.54) is 44.5 Å². The second-order valence-electron chi connectivity index (χ2n) is 25.1. The molecule has 560 valence electrons. The van der Waals surface area contributed by atoms with Gasteiger partial charge < -0.3 is 50.8 Å². The third kappa shape index (κ3) is 34.7. The molecule has 0 radical (unpaired) electrons. The van der Waals surface area contributed by atoms with Crippen LogP contribution in [0.3, 0.4) is 0 Å². The summed E-state index contributed by atoms with van der Waals surface area (Å²) in [7, 11) is 3.65. The van der Waals surface area contributed by atoms with E-state index in [0.29, 0.717) is 84.1 Å². The monoisotopic (exact) mass is 1600 g/mol. The second-order valence-corrected chi connectivity index (χ2v) is 29.0. The summed E-state index contributed by atoms with van der Waals surface area (Å²) in [6.07, 6.45) is 13.6. The van der Waals surface area contributed by atoms with Gasteiger partial charge in [0, 0.05) is 113 Å². The van der Waals surface area contributed by atoms with Crippen LogP contribution in [-0.2, 0) is 80.5 Å². The summed E-state index contributed by atoms with van der Waals surface area (Å²) in [5.41, 5.74) is 16.2. The van der Waals surface area contributed by atoms with Gasteiger partial charge in [-0.15, -0.1) is 69.3 Å². The van der Waals surface area contributed by atoms with Crippen LogP contribution < -0.4 is 27.0 Å². The van der Waals surface area contributed by atoms with Gasteiger partial charge in [-0.2, -0.15) is 0 Å². The van der Waals surface area contributed by atoms with E-state index in [9.17, 15) is 24.0 Å². The fourth-order valence-electron chi connectivity index (χ4n) is 11.9. The minimum Gasteiger partial charge on any atom is -0.444 e. The van der Waals surface area contributed by atoms with E-state index in [2.05, 4.69) is 99.5 Å². The van der Waals surface area contributed by atoms with Gasteiger partial charge in [0.15, 0.2) is 5.78 Å². The maximum Gasteiger partial charge on any atom is 0.407 e. The number of morpholine rings is 2. The number of nitrogens with zero attached hydrogens (tertiary/aromatic N) is 7. The van der Waals surface area contributed by atoms with Crippen molar-refractivity contribution in [3.63, 3.8) is 0 Å². The molecule has 21 nitrogen and oxygen atoms in total. The zero-order chi connectivity index (χ0) is 70.2. The molecule has 4 aromatic carbocycles. The number of hydrogen-bond acceptors (Lipinski definition) is 21. The Kier molecular flexibility index (Phi) is 42.5. The Bertz CT molecular complexity index is 3500. The number of thiazole rings is 4. The van der Waals surface area contributed by atoms with E-state index in [-0.39, 0.29) is 93.6 Å². The highest BCUT2D eigenvalue weighted by molar-refractivity contribution is 14.0. The fourth-order valence-corrected chi connectivity index (χ4v) is 14.2. The smallest absolute Gasteiger partial charge is 0.407 e. The third-order valence-electron chi connectivity index (χ3n) is 17.3. The van der Waals surface area contributed by atoms with Crippen molar-refractivity contribution in [2.24, 2.45) is 17.6 Å². The number of carbonyl (C=O) groups excluding carboxylic acids is 5. The van der Waals surface area contributed by atoms with Crippen molar-refractivity contribution in [2.45, 2.75) is 142 Å². The predicted molar refractivity (Wildman–Crippen MR) is 425 cm³/mol. The van der Waals surface area contributed by atoms with Crippen LogP contribution in [0.1, 0.15) is 108 Å². The number of Topliss-reactive ketones (excluding diaryl/α,β-unsaturated/α-hetero) is 2. The van der Waals surface area contributed by atoms with Crippen molar-refractivity contribution in [1.82, 2.24) is 55.9 Å². The molecule has 0 saturated carbocycles. The van der Waals surface area contributed by atoms with Crippen LogP contribution >= 0.6 is 69.3 Å². The van der Waals surface area contributed by atoms with Crippen molar-refractivity contribution in [3.05, 3.63) is 210 Å². The normalized spacial score (nSPS) is 14.6. The van der Waals surface area contributed by atoms with Crippen LogP contribution in [-0.4, -0.2) is 168 Å². The number of halogens is 1. The molecule has 4 aromatic heterocycles. The summed E-state index contributed by atoms with van der Waals surface area (Å²) >= 11 is 6.06. The molecular weight excluding hydrogens is 1490 g/mol. The highest BCUT2D eigenvalue weighted by Crippen LogP contribution is 2.25. The summed E-state index contributed by atoms with van der Waals surface area (Å²) in [6.45, 7) is 9.35. The molecule has 0 spiro atoms. The van der Waals surface area contributed by atoms with Crippen LogP contribution in [0.5, 0.6) is 0 Å². The Labute approximate surface area is 642 Å². The first kappa shape index (κ1) is 86.7. The Morgan fingerprint density at radius 2 is 0.961 bits per heavy atom. The summed E-state index contributed by atoms with van der Waals surface area (Å²) in [5, 5.41) is 15.0. The summed E-state index contributed by atoms with van der Waals surface area (Å²) in [5.74, 6) is 0.226. The van der Waals surface area contributed by atoms with Crippen molar-refractivity contribution >= 4 is 99.1 Å². The highest BCUT2D eigenvalue weighted by Gasteiger charge is 2.29. The molecule has 2 aliphatic heterocycles. The van der Waals surface area contributed by atoms with E-state index >= 15 is 0 Å². The highest BCUT2D eigenvalue weighted by atomic mass is 127. The van der Waals surface area contributed by atoms with E-state index < -0.39 is 24.3 Å². The van der Waals surface area contributed by atoms with E-state index in [1.54, 1.807) is 52.9 Å². The molecule has 103 heavy (non-hydrogen) atoms. The van der Waals surface area contributed by atoms with Crippen LogP contribution in [0, 0.1) is 11.8 Å². The molecule has 2 fully saturated rings. The number of alkyl carbamates (subject to hydrolysis) is 2. The Hall–Kier alpha value is -6.96. The van der Waals surface area contributed by atoms with E-state index in [4.69, 9.17) is 24.7 Å². The largest absolute Gasteiger partial charge is 0.444 e. The standard InChI is InChI=1S/C38H48N6O5S2.C32H42N4O4S.C5H8N2S.2CH4.HI/c1-43(26-36-40-15-21-50-36)37(46)42-34(14-16-44-17-19-48-20-18-44)35(45)24-31(22-29-8-4-2-5-9-29)12-13-32(23-30-10-6-3-7-11-30)41-38(47)49-27-33-25-39-28-51-33;33-30(13-14-36-15-17-39-18-16-36)31(37)21-27(19-25-7-3-1-4-8-25)11-12-28(20-26-9-5-2-6-10-26)35-32(38)40-23-29-22-34-24-41-29;1-6-2-5-3-7-4-8-5;;;/h2-11,15,21,25,28,31-32,34H,12-14,16-20,22-24,26-27H2,1H3,(H,41,47)(H,42,46);1-10,22,24,27-28,30H,11-21,23,33H2,(H,35,38);3-4,6H,2H2,1H3;2*1H4;1H/t31-,32-,34+;27-,28-,30+;;;;/m11..../s1. The van der Waals surface area contributed by atoms with Crippen LogP contribution in [0.15, 0.2) is 168 Å². The first-order chi connectivity index (χ1) is 48.9. The summed E-state index contributed by atoms with van der Waals surface area (Å²) in [6, 6.07) is 38.9. The average Bonchev–Trinajstić information content (AvgIpc) is 1.37. The van der Waals surface area contributed by atoms with E-state index in [0.717, 1.165) is 103 Å². The van der Waals surface area contributed by atoms with Gasteiger partial charge in [-0.25, -0.2) is 19.4 Å². The SMILES string of the molecule is C.C.CN(Cc1nccs1)C(=O)N[C@@H](CCN1CCOCC1)C(=O)C[C@H](CC[C@H](Cc1ccccc1)NC(=O)OCc1cncs1)Cc1ccccc1.CNCc1cncs1.I.N[C@@H](CCN1CCOCC1)C(=O)C[C@H](CC[C@H](Cc1ccccc1)NC(=O)OCc1cncs1)Cc1ccccc1. The van der Waals surface area contributed by atoms with Crippen LogP contribution in [0.2, 0.25) is 0 Å². The van der Waals surface area contributed by atoms with Gasteiger partial charge in [-0.05, 0) is 105 Å². The first-order valence-corrected chi connectivity index (χ1v) is 38.0. The number of urea groups is 1. The van der Waals surface area contributed by atoms with Crippen LogP contribution in [0.25, 0.3) is 0 Å². The molecule has 4 amide bonds. The maximum absolute atomic E-state index is 14.2. The zero-order valence-electron chi connectivity index (χ0n) is 57.9. The van der Waals surface area contributed by atoms with Gasteiger partial charge in [0.05, 0.1) is 71.3 Å². The molecule has 2 saturated heterocycles. The number of rotatable bonds is 37. The van der Waals surface area contributed by atoms with E-state index in [1.807, 2.05) is 96.9 Å². The Balaban J connectivity index is 0.000000330. The number of ether oxygens (including phenoxy) is 4. The summed E-state index contributed by atoms with van der Waals surface area (Å²) < 4.78 is 21.9.